The van der Waals surface area contributed by atoms with E-state index in [1.54, 1.807) is 0 Å². The number of hydrogen-bond donors (Lipinski definition) is 1. The highest BCUT2D eigenvalue weighted by Gasteiger charge is 2.41. The number of halogens is 2. The molecule has 1 aromatic carbocycles. The monoisotopic (exact) mass is 218 g/mol. The molecule has 0 atom stereocenters. The summed E-state index contributed by atoms with van der Waals surface area (Å²) in [6.07, 6.45) is 0. The van der Waals surface area contributed by atoms with Crippen LogP contribution < -0.4 is 0 Å². The van der Waals surface area contributed by atoms with E-state index in [-0.39, 0.29) is 18.7 Å². The number of aliphatic hydroxyl groups is 1. The van der Waals surface area contributed by atoms with Crippen LogP contribution in [-0.2, 0) is 5.60 Å². The third-order valence-electron chi connectivity index (χ3n) is 2.52. The van der Waals surface area contributed by atoms with Crippen LogP contribution in [0.3, 0.4) is 0 Å². The van der Waals surface area contributed by atoms with Crippen molar-refractivity contribution < 1.29 is 20.7 Å². The Morgan fingerprint density at radius 1 is 1.53 bits per heavy atom. The minimum Gasteiger partial charge on any atom is -0.382 e. The summed E-state index contributed by atoms with van der Waals surface area (Å²) in [4.78, 5) is 0.946. The molecule has 0 aromatic heterocycles. The molecule has 1 fully saturated rings. The van der Waals surface area contributed by atoms with Crippen molar-refractivity contribution in [1.82, 2.24) is 4.90 Å². The van der Waals surface area contributed by atoms with Crippen molar-refractivity contribution in [3.05, 3.63) is 35.4 Å². The fourth-order valence-electron chi connectivity index (χ4n) is 1.63. The molecule has 1 N–H and O–H groups in total. The van der Waals surface area contributed by atoms with Gasteiger partial charge in [-0.3, -0.25) is 4.90 Å². The maximum absolute atomic E-state index is 13.1. The van der Waals surface area contributed by atoms with Gasteiger partial charge in [0.25, 0.3) is 0 Å². The lowest BCUT2D eigenvalue weighted by molar-refractivity contribution is -0.102. The van der Waals surface area contributed by atoms with Gasteiger partial charge >= 0.3 is 0 Å². The lowest BCUT2D eigenvalue weighted by Crippen LogP contribution is -2.59. The highest BCUT2D eigenvalue weighted by Crippen LogP contribution is 2.32. The lowest BCUT2D eigenvalue weighted by atomic mass is 9.86. The fourth-order valence-corrected chi connectivity index (χ4v) is 1.63. The molecule has 1 aliphatic heterocycles. The Balaban J connectivity index is 2.17. The van der Waals surface area contributed by atoms with E-state index >= 15 is 0 Å². The summed E-state index contributed by atoms with van der Waals surface area (Å²) in [6.45, 7) is -6.05. The predicted octanol–water partition coefficient (Wildman–Crippen LogP) is 1.49. The first-order chi connectivity index (χ1) is 8.97. The Hall–Kier alpha value is -1.00. The van der Waals surface area contributed by atoms with Gasteiger partial charge in [-0.15, -0.1) is 0 Å². The first-order valence-corrected chi connectivity index (χ1v) is 4.40. The Morgan fingerprint density at radius 2 is 2.27 bits per heavy atom. The standard InChI is InChI=1S/C11H13F2NO/c1-2-14-6-11(15,7-14)8-3-4-9(12)10(13)5-8/h3-5,15H,2,6-7H2,1H3/i1D3,2D2. The zero-order chi connectivity index (χ0) is 15.3. The number of benzene rings is 1. The Labute approximate surface area is 94.2 Å². The molecule has 0 unspecified atom stereocenters. The van der Waals surface area contributed by atoms with Crippen molar-refractivity contribution in [3.63, 3.8) is 0 Å². The maximum Gasteiger partial charge on any atom is 0.159 e. The fraction of sp³-hybridized carbons (Fsp3) is 0.455. The van der Waals surface area contributed by atoms with Gasteiger partial charge in [0.05, 0.1) is 0 Å². The van der Waals surface area contributed by atoms with Crippen LogP contribution in [0.2, 0.25) is 0 Å². The minimum absolute atomic E-state index is 0.0917. The molecule has 0 spiro atoms. The van der Waals surface area contributed by atoms with E-state index < -0.39 is 30.6 Å². The molecule has 2 nitrogen and oxygen atoms in total. The number of nitrogens with zero attached hydrogens (tertiary/aromatic N) is 1. The van der Waals surface area contributed by atoms with Crippen molar-refractivity contribution in [3.8, 4) is 0 Å². The summed E-state index contributed by atoms with van der Waals surface area (Å²) in [5, 5.41) is 10.2. The first-order valence-electron chi connectivity index (χ1n) is 6.90. The summed E-state index contributed by atoms with van der Waals surface area (Å²) in [7, 11) is 0. The van der Waals surface area contributed by atoms with Crippen molar-refractivity contribution in [1.29, 1.82) is 0 Å². The molecule has 1 aliphatic rings. The second kappa shape index (κ2) is 3.54. The van der Waals surface area contributed by atoms with Gasteiger partial charge in [-0.05, 0) is 24.2 Å². The van der Waals surface area contributed by atoms with Crippen molar-refractivity contribution >= 4 is 0 Å². The maximum atomic E-state index is 13.1. The van der Waals surface area contributed by atoms with Crippen molar-refractivity contribution in [2.75, 3.05) is 19.6 Å². The molecule has 4 heteroatoms. The second-order valence-corrected chi connectivity index (χ2v) is 3.63. The van der Waals surface area contributed by atoms with Gasteiger partial charge in [-0.2, -0.15) is 0 Å². The summed E-state index contributed by atoms with van der Waals surface area (Å²) >= 11 is 0. The van der Waals surface area contributed by atoms with Crippen molar-refractivity contribution in [2.24, 2.45) is 0 Å². The Bertz CT molecular complexity index is 528. The molecule has 0 saturated carbocycles. The van der Waals surface area contributed by atoms with E-state index in [0.717, 1.165) is 17.0 Å². The third-order valence-corrected chi connectivity index (χ3v) is 2.52. The van der Waals surface area contributed by atoms with Gasteiger partial charge < -0.3 is 5.11 Å². The van der Waals surface area contributed by atoms with E-state index in [1.165, 1.54) is 6.07 Å². The number of likely N-dealkylation sites (N-methyl/N-ethyl adjacent to an activating group) is 1. The van der Waals surface area contributed by atoms with Crippen LogP contribution in [0.5, 0.6) is 0 Å². The van der Waals surface area contributed by atoms with Crippen LogP contribution in [-0.4, -0.2) is 29.6 Å². The average Bonchev–Trinajstić information content (AvgIpc) is 2.27. The van der Waals surface area contributed by atoms with E-state index in [4.69, 9.17) is 6.85 Å². The van der Waals surface area contributed by atoms with Crippen LogP contribution in [0.1, 0.15) is 19.3 Å². The summed E-state index contributed by atoms with van der Waals surface area (Å²) in [6, 6.07) is 2.89. The van der Waals surface area contributed by atoms with Gasteiger partial charge in [0.1, 0.15) is 5.60 Å². The van der Waals surface area contributed by atoms with E-state index in [0.29, 0.717) is 0 Å². The molecule has 2 rings (SSSR count). The van der Waals surface area contributed by atoms with Gasteiger partial charge in [0.2, 0.25) is 0 Å². The van der Waals surface area contributed by atoms with Crippen LogP contribution >= 0.6 is 0 Å². The van der Waals surface area contributed by atoms with Crippen LogP contribution in [0.4, 0.5) is 8.78 Å². The molecule has 1 aromatic rings. The predicted molar refractivity (Wildman–Crippen MR) is 52.4 cm³/mol. The quantitative estimate of drug-likeness (QED) is 0.813. The van der Waals surface area contributed by atoms with E-state index in [9.17, 15) is 13.9 Å². The first kappa shape index (κ1) is 5.92. The SMILES string of the molecule is [2H]C([2H])([2H])C([2H])([2H])N1CC(O)(c2ccc(F)c(F)c2)C1. The molecule has 1 saturated heterocycles. The highest BCUT2D eigenvalue weighted by atomic mass is 19.2. The number of rotatable bonds is 2. The van der Waals surface area contributed by atoms with E-state index in [1.807, 2.05) is 0 Å². The zero-order valence-corrected chi connectivity index (χ0v) is 7.80. The minimum atomic E-state index is -2.86. The third kappa shape index (κ3) is 1.75. The second-order valence-electron chi connectivity index (χ2n) is 3.63. The van der Waals surface area contributed by atoms with Crippen LogP contribution in [0, 0.1) is 11.6 Å². The van der Waals surface area contributed by atoms with Gasteiger partial charge in [0, 0.05) is 19.9 Å². The summed E-state index contributed by atoms with van der Waals surface area (Å²) < 4.78 is 62.4. The largest absolute Gasteiger partial charge is 0.382 e. The zero-order valence-electron chi connectivity index (χ0n) is 12.8. The Kier molecular flexibility index (Phi) is 1.40. The van der Waals surface area contributed by atoms with E-state index in [2.05, 4.69) is 0 Å². The summed E-state index contributed by atoms with van der Waals surface area (Å²) in [5.74, 6) is -2.17. The number of hydrogen-bond acceptors (Lipinski definition) is 2. The van der Waals surface area contributed by atoms with Crippen molar-refractivity contribution in [2.45, 2.75) is 12.5 Å². The molecule has 0 radical (unpaired) electrons. The molecule has 0 bridgehead atoms. The van der Waals surface area contributed by atoms with Crippen LogP contribution in [0.25, 0.3) is 0 Å². The lowest BCUT2D eigenvalue weighted by Gasteiger charge is -2.46. The summed E-state index contributed by atoms with van der Waals surface area (Å²) in [5.41, 5.74) is -1.48. The number of likely N-dealkylation sites (tertiary alicyclic amines) is 1. The van der Waals surface area contributed by atoms with Gasteiger partial charge in [0.15, 0.2) is 11.6 Å². The molecule has 15 heavy (non-hydrogen) atoms. The molecule has 1 heterocycles. The normalized spacial score (nSPS) is 26.7. The number of β-amino-alcohol motifs (C(OH)–C–C–N with tert-alkyl or cyclic N) is 1. The molecule has 82 valence electrons. The topological polar surface area (TPSA) is 23.5 Å². The molecular formula is C11H13F2NO. The average molecular weight is 218 g/mol. The van der Waals surface area contributed by atoms with Gasteiger partial charge in [-0.25, -0.2) is 8.78 Å². The molecular weight excluding hydrogens is 200 g/mol. The van der Waals surface area contributed by atoms with Gasteiger partial charge in [-0.1, -0.05) is 12.9 Å². The van der Waals surface area contributed by atoms with Crippen LogP contribution in [0.15, 0.2) is 18.2 Å². The Morgan fingerprint density at radius 3 is 2.87 bits per heavy atom. The molecule has 0 aliphatic carbocycles. The smallest absolute Gasteiger partial charge is 0.159 e. The molecule has 0 amide bonds. The highest BCUT2D eigenvalue weighted by molar-refractivity contribution is 5.27.